The Hall–Kier alpha value is -0.800. The molecule has 0 heterocycles. The van der Waals surface area contributed by atoms with Gasteiger partial charge < -0.3 is 5.73 Å². The van der Waals surface area contributed by atoms with Crippen LogP contribution in [0.25, 0.3) is 0 Å². The summed E-state index contributed by atoms with van der Waals surface area (Å²) in [5, 5.41) is 0. The number of benzene rings is 1. The lowest BCUT2D eigenvalue weighted by Crippen LogP contribution is -1.95. The smallest absolute Gasteiger partial charge is 0.107 e. The number of thioether (sulfide) groups is 1. The van der Waals surface area contributed by atoms with Gasteiger partial charge >= 0.3 is 0 Å². The van der Waals surface area contributed by atoms with E-state index in [9.17, 15) is 4.39 Å². The molecule has 0 atom stereocenters. The molecule has 0 bridgehead atoms. The van der Waals surface area contributed by atoms with Crippen LogP contribution >= 0.6 is 11.8 Å². The van der Waals surface area contributed by atoms with Crippen LogP contribution in [-0.4, -0.2) is 12.3 Å². The molecule has 0 spiro atoms. The molecule has 0 aliphatic heterocycles. The number of rotatable bonds is 4. The van der Waals surface area contributed by atoms with Crippen LogP contribution in [0.5, 0.6) is 0 Å². The molecule has 1 aromatic rings. The normalized spacial score (nSPS) is 11.8. The molecule has 0 unspecified atom stereocenters. The molecule has 0 aliphatic rings. The molecule has 14 heavy (non-hydrogen) atoms. The van der Waals surface area contributed by atoms with Gasteiger partial charge in [0, 0.05) is 17.2 Å². The summed E-state index contributed by atoms with van der Waals surface area (Å²) in [5.41, 5.74) is 6.39. The fourth-order valence-corrected chi connectivity index (χ4v) is 1.91. The summed E-state index contributed by atoms with van der Waals surface area (Å²) in [6.07, 6.45) is 1.41. The Morgan fingerprint density at radius 2 is 2.36 bits per heavy atom. The van der Waals surface area contributed by atoms with Crippen molar-refractivity contribution in [3.63, 3.8) is 0 Å². The molecule has 1 nitrogen and oxygen atoms in total. The predicted molar refractivity (Wildman–Crippen MR) is 60.1 cm³/mol. The van der Waals surface area contributed by atoms with Crippen LogP contribution in [0.2, 0.25) is 0 Å². The third-order valence-corrected chi connectivity index (χ3v) is 2.71. The van der Waals surface area contributed by atoms with Gasteiger partial charge in [0.05, 0.1) is 0 Å². The Balaban J connectivity index is 2.49. The van der Waals surface area contributed by atoms with Crippen molar-refractivity contribution in [1.82, 2.24) is 0 Å². The van der Waals surface area contributed by atoms with Crippen molar-refractivity contribution < 1.29 is 4.39 Å². The van der Waals surface area contributed by atoms with E-state index in [4.69, 9.17) is 5.73 Å². The van der Waals surface area contributed by atoms with E-state index < -0.39 is 0 Å². The summed E-state index contributed by atoms with van der Waals surface area (Å²) >= 11 is 1.48. The van der Waals surface area contributed by atoms with Crippen molar-refractivity contribution in [2.24, 2.45) is 5.73 Å². The molecular formula is C11H14FNS. The van der Waals surface area contributed by atoms with Gasteiger partial charge in [-0.05, 0) is 25.1 Å². The Labute approximate surface area is 88.2 Å². The highest BCUT2D eigenvalue weighted by molar-refractivity contribution is 7.99. The first-order chi connectivity index (χ1) is 6.72. The summed E-state index contributed by atoms with van der Waals surface area (Å²) in [4.78, 5) is 1.09. The van der Waals surface area contributed by atoms with Crippen molar-refractivity contribution >= 4 is 11.8 Å². The van der Waals surface area contributed by atoms with E-state index >= 15 is 0 Å². The molecule has 0 aliphatic carbocycles. The molecule has 0 saturated carbocycles. The van der Waals surface area contributed by atoms with Crippen LogP contribution in [0.1, 0.15) is 5.56 Å². The quantitative estimate of drug-likeness (QED) is 0.775. The Morgan fingerprint density at radius 1 is 1.57 bits per heavy atom. The molecule has 0 aromatic heterocycles. The maximum absolute atomic E-state index is 12.9. The second-order valence-electron chi connectivity index (χ2n) is 2.99. The minimum absolute atomic E-state index is 0.154. The van der Waals surface area contributed by atoms with Gasteiger partial charge in [-0.1, -0.05) is 17.7 Å². The number of hydrogen-bond acceptors (Lipinski definition) is 2. The summed E-state index contributed by atoms with van der Waals surface area (Å²) in [5.74, 6) is 0.208. The van der Waals surface area contributed by atoms with Gasteiger partial charge in [-0.2, -0.15) is 0 Å². The van der Waals surface area contributed by atoms with Gasteiger partial charge in [0.15, 0.2) is 0 Å². The fourth-order valence-electron chi connectivity index (χ4n) is 1.04. The van der Waals surface area contributed by atoms with Crippen molar-refractivity contribution in [2.75, 3.05) is 12.3 Å². The first-order valence-corrected chi connectivity index (χ1v) is 5.45. The van der Waals surface area contributed by atoms with E-state index in [0.717, 1.165) is 4.90 Å². The molecule has 0 saturated heterocycles. The summed E-state index contributed by atoms with van der Waals surface area (Å²) < 4.78 is 12.9. The van der Waals surface area contributed by atoms with Gasteiger partial charge in [0.1, 0.15) is 5.83 Å². The third-order valence-electron chi connectivity index (χ3n) is 1.71. The van der Waals surface area contributed by atoms with Gasteiger partial charge in [-0.25, -0.2) is 4.39 Å². The van der Waals surface area contributed by atoms with Crippen LogP contribution in [0.3, 0.4) is 0 Å². The lowest BCUT2D eigenvalue weighted by Gasteiger charge is -2.00. The van der Waals surface area contributed by atoms with E-state index in [1.54, 1.807) is 0 Å². The standard InChI is InChI=1S/C11H14FNS/c1-9-3-2-4-11(7-9)14-8-10(12)5-6-13/h2-5,7H,6,8,13H2,1H3/b10-5-. The molecule has 3 heteroatoms. The highest BCUT2D eigenvalue weighted by Crippen LogP contribution is 2.21. The molecule has 2 N–H and O–H groups in total. The minimum atomic E-state index is -0.154. The second kappa shape index (κ2) is 5.83. The Bertz CT molecular complexity index is 323. The zero-order valence-corrected chi connectivity index (χ0v) is 8.98. The zero-order valence-electron chi connectivity index (χ0n) is 8.16. The second-order valence-corrected chi connectivity index (χ2v) is 4.04. The first-order valence-electron chi connectivity index (χ1n) is 4.46. The number of nitrogens with two attached hydrogens (primary N) is 1. The van der Waals surface area contributed by atoms with Gasteiger partial charge in [-0.3, -0.25) is 0 Å². The maximum atomic E-state index is 12.9. The molecular weight excluding hydrogens is 197 g/mol. The number of aryl methyl sites for hydroxylation is 1. The van der Waals surface area contributed by atoms with Crippen LogP contribution in [0, 0.1) is 6.92 Å². The molecule has 76 valence electrons. The SMILES string of the molecule is Cc1cccc(SC/C(F)=C/CN)c1. The van der Waals surface area contributed by atoms with Crippen molar-refractivity contribution in [2.45, 2.75) is 11.8 Å². The Kier molecular flexibility index (Phi) is 4.70. The van der Waals surface area contributed by atoms with Crippen LogP contribution in [0.4, 0.5) is 4.39 Å². The average molecular weight is 211 g/mol. The minimum Gasteiger partial charge on any atom is -0.327 e. The summed E-state index contributed by atoms with van der Waals surface area (Å²) in [6.45, 7) is 2.29. The Morgan fingerprint density at radius 3 is 3.00 bits per heavy atom. The largest absolute Gasteiger partial charge is 0.327 e. The lowest BCUT2D eigenvalue weighted by atomic mass is 10.2. The molecule has 1 rings (SSSR count). The van der Waals surface area contributed by atoms with Crippen LogP contribution in [0.15, 0.2) is 41.1 Å². The number of hydrogen-bond donors (Lipinski definition) is 1. The maximum Gasteiger partial charge on any atom is 0.107 e. The topological polar surface area (TPSA) is 26.0 Å². The zero-order chi connectivity index (χ0) is 10.4. The summed E-state index contributed by atoms with van der Waals surface area (Å²) in [7, 11) is 0. The predicted octanol–water partition coefficient (Wildman–Crippen LogP) is 2.90. The first kappa shape index (κ1) is 11.3. The highest BCUT2D eigenvalue weighted by atomic mass is 32.2. The van der Waals surface area contributed by atoms with Crippen molar-refractivity contribution in [3.8, 4) is 0 Å². The fraction of sp³-hybridized carbons (Fsp3) is 0.273. The lowest BCUT2D eigenvalue weighted by molar-refractivity contribution is 0.640. The van der Waals surface area contributed by atoms with E-state index in [1.165, 1.54) is 23.4 Å². The van der Waals surface area contributed by atoms with Crippen molar-refractivity contribution in [1.29, 1.82) is 0 Å². The average Bonchev–Trinajstić information content (AvgIpc) is 2.15. The van der Waals surface area contributed by atoms with E-state index in [1.807, 2.05) is 31.2 Å². The number of halogens is 1. The van der Waals surface area contributed by atoms with Crippen LogP contribution < -0.4 is 5.73 Å². The molecule has 0 fully saturated rings. The van der Waals surface area contributed by atoms with Crippen LogP contribution in [-0.2, 0) is 0 Å². The van der Waals surface area contributed by atoms with E-state index in [2.05, 4.69) is 0 Å². The third kappa shape index (κ3) is 3.94. The molecule has 0 radical (unpaired) electrons. The van der Waals surface area contributed by atoms with E-state index in [0.29, 0.717) is 5.75 Å². The molecule has 1 aromatic carbocycles. The van der Waals surface area contributed by atoms with Gasteiger partial charge in [0.25, 0.3) is 0 Å². The monoisotopic (exact) mass is 211 g/mol. The van der Waals surface area contributed by atoms with Gasteiger partial charge in [-0.15, -0.1) is 11.8 Å². The highest BCUT2D eigenvalue weighted by Gasteiger charge is 1.97. The summed E-state index contributed by atoms with van der Waals surface area (Å²) in [6, 6.07) is 8.02. The van der Waals surface area contributed by atoms with Crippen molar-refractivity contribution in [3.05, 3.63) is 41.7 Å². The van der Waals surface area contributed by atoms with E-state index in [-0.39, 0.29) is 12.4 Å². The molecule has 0 amide bonds. The van der Waals surface area contributed by atoms with Gasteiger partial charge in [0.2, 0.25) is 0 Å².